The molecule has 0 unspecified atom stereocenters. The first-order chi connectivity index (χ1) is 5.27. The topological polar surface area (TPSA) is 47.3 Å². The summed E-state index contributed by atoms with van der Waals surface area (Å²) in [5.41, 5.74) is 5.30. The second-order valence-electron chi connectivity index (χ2n) is 2.86. The van der Waals surface area contributed by atoms with Gasteiger partial charge in [0.15, 0.2) is 0 Å². The first-order valence-corrected chi connectivity index (χ1v) is 4.28. The maximum atomic E-state index is 5.30. The number of hydrogen-bond acceptors (Lipinski definition) is 3. The van der Waals surface area contributed by atoms with Crippen molar-refractivity contribution in [3.8, 4) is 0 Å². The molecule has 3 N–H and O–H groups in total. The molecule has 0 aliphatic carbocycles. The molecule has 0 aliphatic rings. The van der Waals surface area contributed by atoms with E-state index in [0.717, 1.165) is 32.7 Å². The third kappa shape index (κ3) is 9.88. The van der Waals surface area contributed by atoms with E-state index < -0.39 is 0 Å². The fourth-order valence-corrected chi connectivity index (χ4v) is 0.707. The lowest BCUT2D eigenvalue weighted by atomic mass is 10.4. The van der Waals surface area contributed by atoms with Gasteiger partial charge in [0, 0.05) is 19.2 Å². The first kappa shape index (κ1) is 10.9. The number of rotatable bonds is 7. The van der Waals surface area contributed by atoms with E-state index in [9.17, 15) is 0 Å². The lowest BCUT2D eigenvalue weighted by Gasteiger charge is -2.07. The Balaban J connectivity index is 2.80. The Morgan fingerprint density at radius 2 is 2.09 bits per heavy atom. The van der Waals surface area contributed by atoms with Crippen LogP contribution in [0.3, 0.4) is 0 Å². The molecule has 0 saturated heterocycles. The van der Waals surface area contributed by atoms with Crippen LogP contribution in [0, 0.1) is 0 Å². The average molecular weight is 160 g/mol. The molecule has 0 atom stereocenters. The fraction of sp³-hybridized carbons (Fsp3) is 1.00. The minimum absolute atomic E-state index is 0.549. The van der Waals surface area contributed by atoms with Gasteiger partial charge in [-0.1, -0.05) is 13.8 Å². The molecule has 0 bridgehead atoms. The second kappa shape index (κ2) is 7.98. The van der Waals surface area contributed by atoms with E-state index in [0.29, 0.717) is 6.04 Å². The van der Waals surface area contributed by atoms with E-state index in [1.807, 2.05) is 0 Å². The second-order valence-corrected chi connectivity index (χ2v) is 2.86. The lowest BCUT2D eigenvalue weighted by molar-refractivity contribution is 0.133. The smallest absolute Gasteiger partial charge is 0.0591 e. The highest BCUT2D eigenvalue weighted by molar-refractivity contribution is 4.50. The van der Waals surface area contributed by atoms with E-state index in [1.165, 1.54) is 0 Å². The molecule has 0 fully saturated rings. The van der Waals surface area contributed by atoms with Gasteiger partial charge in [0.1, 0.15) is 0 Å². The van der Waals surface area contributed by atoms with Crippen molar-refractivity contribution >= 4 is 0 Å². The largest absolute Gasteiger partial charge is 0.380 e. The minimum atomic E-state index is 0.549. The third-order valence-electron chi connectivity index (χ3n) is 1.29. The quantitative estimate of drug-likeness (QED) is 0.528. The molecule has 0 heterocycles. The van der Waals surface area contributed by atoms with Crippen molar-refractivity contribution in [2.75, 3.05) is 26.3 Å². The van der Waals surface area contributed by atoms with E-state index in [4.69, 9.17) is 10.5 Å². The van der Waals surface area contributed by atoms with E-state index in [-0.39, 0.29) is 0 Å². The number of nitrogens with two attached hydrogens (primary N) is 1. The van der Waals surface area contributed by atoms with Crippen molar-refractivity contribution in [1.82, 2.24) is 5.32 Å². The Morgan fingerprint density at radius 3 is 2.64 bits per heavy atom. The molecule has 0 radical (unpaired) electrons. The molecular formula is C8H20N2O. The number of ether oxygens (including phenoxy) is 1. The Kier molecular flexibility index (Phi) is 7.89. The van der Waals surface area contributed by atoms with Gasteiger partial charge in [-0.25, -0.2) is 0 Å². The first-order valence-electron chi connectivity index (χ1n) is 4.28. The lowest BCUT2D eigenvalue weighted by Crippen LogP contribution is -2.26. The Hall–Kier alpha value is -0.120. The predicted molar refractivity (Wildman–Crippen MR) is 47.6 cm³/mol. The molecule has 3 nitrogen and oxygen atoms in total. The van der Waals surface area contributed by atoms with Gasteiger partial charge in [0.2, 0.25) is 0 Å². The highest BCUT2D eigenvalue weighted by atomic mass is 16.5. The zero-order valence-electron chi connectivity index (χ0n) is 7.60. The summed E-state index contributed by atoms with van der Waals surface area (Å²) >= 11 is 0. The molecule has 0 saturated carbocycles. The van der Waals surface area contributed by atoms with Crippen LogP contribution in [0.5, 0.6) is 0 Å². The van der Waals surface area contributed by atoms with Gasteiger partial charge in [-0.05, 0) is 13.0 Å². The maximum absolute atomic E-state index is 5.30. The van der Waals surface area contributed by atoms with Crippen LogP contribution in [0.1, 0.15) is 20.3 Å². The molecule has 0 spiro atoms. The maximum Gasteiger partial charge on any atom is 0.0591 e. The van der Waals surface area contributed by atoms with Gasteiger partial charge in [0.05, 0.1) is 6.61 Å². The zero-order chi connectivity index (χ0) is 8.53. The van der Waals surface area contributed by atoms with Gasteiger partial charge in [-0.15, -0.1) is 0 Å². The van der Waals surface area contributed by atoms with Crippen LogP contribution in [-0.2, 0) is 4.74 Å². The van der Waals surface area contributed by atoms with Crippen LogP contribution in [0.15, 0.2) is 0 Å². The summed E-state index contributed by atoms with van der Waals surface area (Å²) in [7, 11) is 0. The molecule has 0 aliphatic heterocycles. The van der Waals surface area contributed by atoms with Crippen molar-refractivity contribution in [3.63, 3.8) is 0 Å². The highest BCUT2D eigenvalue weighted by Gasteiger charge is 1.90. The van der Waals surface area contributed by atoms with Crippen LogP contribution in [0.25, 0.3) is 0 Å². The van der Waals surface area contributed by atoms with Crippen molar-refractivity contribution in [2.45, 2.75) is 26.3 Å². The summed E-state index contributed by atoms with van der Waals surface area (Å²) in [6.07, 6.45) is 0.960. The summed E-state index contributed by atoms with van der Waals surface area (Å²) < 4.78 is 5.28. The standard InChI is InChI=1S/C8H20N2O/c1-8(2)10-5-7-11-6-3-4-9/h8,10H,3-7,9H2,1-2H3. The monoisotopic (exact) mass is 160 g/mol. The van der Waals surface area contributed by atoms with Crippen molar-refractivity contribution in [1.29, 1.82) is 0 Å². The summed E-state index contributed by atoms with van der Waals surface area (Å²) in [5, 5.41) is 3.27. The molecule has 0 aromatic rings. The van der Waals surface area contributed by atoms with Crippen LogP contribution >= 0.6 is 0 Å². The van der Waals surface area contributed by atoms with Gasteiger partial charge in [0.25, 0.3) is 0 Å². The molecule has 0 amide bonds. The molecule has 11 heavy (non-hydrogen) atoms. The summed E-state index contributed by atoms with van der Waals surface area (Å²) in [5.74, 6) is 0. The predicted octanol–water partition coefficient (Wildman–Crippen LogP) is 0.350. The van der Waals surface area contributed by atoms with E-state index in [1.54, 1.807) is 0 Å². The van der Waals surface area contributed by atoms with Crippen molar-refractivity contribution < 1.29 is 4.74 Å². The molecule has 3 heteroatoms. The van der Waals surface area contributed by atoms with Crippen LogP contribution in [0.4, 0.5) is 0 Å². The van der Waals surface area contributed by atoms with Gasteiger partial charge >= 0.3 is 0 Å². The zero-order valence-corrected chi connectivity index (χ0v) is 7.60. The fourth-order valence-electron chi connectivity index (χ4n) is 0.707. The summed E-state index contributed by atoms with van der Waals surface area (Å²) in [6, 6.07) is 0.549. The van der Waals surface area contributed by atoms with Gasteiger partial charge < -0.3 is 15.8 Å². The Labute approximate surface area is 69.3 Å². The van der Waals surface area contributed by atoms with Crippen LogP contribution in [-0.4, -0.2) is 32.3 Å². The molecule has 0 aromatic carbocycles. The summed E-state index contributed by atoms with van der Waals surface area (Å²) in [6.45, 7) is 7.48. The summed E-state index contributed by atoms with van der Waals surface area (Å²) in [4.78, 5) is 0. The number of nitrogens with one attached hydrogen (secondary N) is 1. The van der Waals surface area contributed by atoms with Crippen LogP contribution < -0.4 is 11.1 Å². The SMILES string of the molecule is CC(C)NCCOCCCN. The van der Waals surface area contributed by atoms with E-state index >= 15 is 0 Å². The van der Waals surface area contributed by atoms with Crippen molar-refractivity contribution in [3.05, 3.63) is 0 Å². The normalized spacial score (nSPS) is 10.9. The highest BCUT2D eigenvalue weighted by Crippen LogP contribution is 1.80. The Morgan fingerprint density at radius 1 is 1.36 bits per heavy atom. The number of hydrogen-bond donors (Lipinski definition) is 2. The van der Waals surface area contributed by atoms with E-state index in [2.05, 4.69) is 19.2 Å². The molecule has 0 aromatic heterocycles. The molecule has 0 rings (SSSR count). The van der Waals surface area contributed by atoms with Gasteiger partial charge in [-0.3, -0.25) is 0 Å². The molecular weight excluding hydrogens is 140 g/mol. The van der Waals surface area contributed by atoms with Crippen molar-refractivity contribution in [2.24, 2.45) is 5.73 Å². The van der Waals surface area contributed by atoms with Gasteiger partial charge in [-0.2, -0.15) is 0 Å². The molecule has 68 valence electrons. The minimum Gasteiger partial charge on any atom is -0.380 e. The average Bonchev–Trinajstić information content (AvgIpc) is 1.96. The van der Waals surface area contributed by atoms with Crippen LogP contribution in [0.2, 0.25) is 0 Å². The Bertz CT molecular complexity index is 76.5. The third-order valence-corrected chi connectivity index (χ3v) is 1.29.